The number of amides is 1. The smallest absolute Gasteiger partial charge is 0.268 e. The monoisotopic (exact) mass is 262 g/mol. The zero-order valence-electron chi connectivity index (χ0n) is 9.72. The fourth-order valence-corrected chi connectivity index (χ4v) is 1.23. The van der Waals surface area contributed by atoms with Crippen LogP contribution >= 0.6 is 11.6 Å². The van der Waals surface area contributed by atoms with E-state index in [2.05, 4.69) is 0 Å². The molecule has 17 heavy (non-hydrogen) atoms. The third-order valence-corrected chi connectivity index (χ3v) is 2.53. The summed E-state index contributed by atoms with van der Waals surface area (Å²) in [5, 5.41) is 0.274. The summed E-state index contributed by atoms with van der Waals surface area (Å²) in [4.78, 5) is 11.8. The first-order valence-electron chi connectivity index (χ1n) is 4.88. The van der Waals surface area contributed by atoms with E-state index in [0.717, 1.165) is 17.1 Å². The lowest BCUT2D eigenvalue weighted by Crippen LogP contribution is -2.50. The van der Waals surface area contributed by atoms with Crippen molar-refractivity contribution in [3.05, 3.63) is 34.4 Å². The Morgan fingerprint density at radius 1 is 1.29 bits per heavy atom. The van der Waals surface area contributed by atoms with Crippen LogP contribution in [0.3, 0.4) is 0 Å². The van der Waals surface area contributed by atoms with Crippen molar-refractivity contribution in [2.45, 2.75) is 26.3 Å². The zero-order valence-corrected chi connectivity index (χ0v) is 10.5. The summed E-state index contributed by atoms with van der Waals surface area (Å²) in [5.74, 6) is 2.92. The number of nitrogens with zero attached hydrogens (tertiary/aromatic N) is 1. The minimum Gasteiger partial charge on any atom is -0.271 e. The molecule has 1 aromatic rings. The summed E-state index contributed by atoms with van der Waals surface area (Å²) in [7, 11) is 0. The second-order valence-corrected chi connectivity index (χ2v) is 4.98. The van der Waals surface area contributed by atoms with Crippen LogP contribution in [0, 0.1) is 11.6 Å². The van der Waals surface area contributed by atoms with Crippen LogP contribution in [-0.2, 0) is 0 Å². The van der Waals surface area contributed by atoms with E-state index in [9.17, 15) is 13.6 Å². The van der Waals surface area contributed by atoms with Gasteiger partial charge in [0.2, 0.25) is 0 Å². The van der Waals surface area contributed by atoms with Gasteiger partial charge in [-0.15, -0.1) is 0 Å². The van der Waals surface area contributed by atoms with Crippen LogP contribution in [0.1, 0.15) is 31.1 Å². The number of hydrazine groups is 1. The van der Waals surface area contributed by atoms with E-state index in [0.29, 0.717) is 0 Å². The molecule has 3 nitrogen and oxygen atoms in total. The van der Waals surface area contributed by atoms with Crippen LogP contribution in [-0.4, -0.2) is 16.5 Å². The first kappa shape index (κ1) is 13.9. The third kappa shape index (κ3) is 2.92. The van der Waals surface area contributed by atoms with Gasteiger partial charge in [0.05, 0.1) is 5.54 Å². The molecule has 0 aliphatic rings. The molecule has 2 N–H and O–H groups in total. The summed E-state index contributed by atoms with van der Waals surface area (Å²) in [6.07, 6.45) is 0. The molecular formula is C11H13ClF2N2O. The van der Waals surface area contributed by atoms with Crippen molar-refractivity contribution in [3.8, 4) is 0 Å². The van der Waals surface area contributed by atoms with Crippen molar-refractivity contribution >= 4 is 17.5 Å². The van der Waals surface area contributed by atoms with Crippen molar-refractivity contribution in [2.75, 3.05) is 0 Å². The first-order valence-corrected chi connectivity index (χ1v) is 5.26. The van der Waals surface area contributed by atoms with E-state index >= 15 is 0 Å². The third-order valence-electron chi connectivity index (χ3n) is 2.17. The second kappa shape index (κ2) is 4.58. The number of nitrogens with two attached hydrogens (primary N) is 1. The van der Waals surface area contributed by atoms with E-state index in [-0.39, 0.29) is 5.56 Å². The van der Waals surface area contributed by atoms with Crippen molar-refractivity contribution in [1.29, 1.82) is 0 Å². The van der Waals surface area contributed by atoms with E-state index < -0.39 is 28.1 Å². The molecule has 94 valence electrons. The number of rotatable bonds is 1. The van der Waals surface area contributed by atoms with Crippen LogP contribution in [0.2, 0.25) is 5.02 Å². The number of hydrogen-bond acceptors (Lipinski definition) is 2. The van der Waals surface area contributed by atoms with Crippen LogP contribution < -0.4 is 5.84 Å². The molecule has 1 amide bonds. The maximum Gasteiger partial charge on any atom is 0.268 e. The molecule has 0 spiro atoms. The molecule has 0 aromatic heterocycles. The van der Waals surface area contributed by atoms with Crippen molar-refractivity contribution in [3.63, 3.8) is 0 Å². The van der Waals surface area contributed by atoms with E-state index in [1.807, 2.05) is 0 Å². The van der Waals surface area contributed by atoms with Gasteiger partial charge in [0.25, 0.3) is 5.91 Å². The van der Waals surface area contributed by atoms with Gasteiger partial charge in [-0.05, 0) is 32.9 Å². The summed E-state index contributed by atoms with van der Waals surface area (Å²) in [5.41, 5.74) is -0.828. The Morgan fingerprint density at radius 2 is 1.71 bits per heavy atom. The van der Waals surface area contributed by atoms with Crippen LogP contribution in [0.4, 0.5) is 8.78 Å². The number of carbonyl (C=O) groups is 1. The van der Waals surface area contributed by atoms with Crippen LogP contribution in [0.25, 0.3) is 0 Å². The lowest BCUT2D eigenvalue weighted by molar-refractivity contribution is 0.0581. The molecule has 0 atom stereocenters. The Hall–Kier alpha value is -1.20. The van der Waals surface area contributed by atoms with Gasteiger partial charge in [-0.1, -0.05) is 11.6 Å². The largest absolute Gasteiger partial charge is 0.271 e. The predicted molar refractivity (Wildman–Crippen MR) is 61.5 cm³/mol. The molecule has 0 bridgehead atoms. The van der Waals surface area contributed by atoms with Gasteiger partial charge >= 0.3 is 0 Å². The van der Waals surface area contributed by atoms with Gasteiger partial charge in [0.15, 0.2) is 0 Å². The van der Waals surface area contributed by atoms with Gasteiger partial charge in [-0.3, -0.25) is 9.80 Å². The van der Waals surface area contributed by atoms with E-state index in [4.69, 9.17) is 17.4 Å². The average Bonchev–Trinajstić information content (AvgIpc) is 2.21. The normalized spacial score (nSPS) is 11.5. The highest BCUT2D eigenvalue weighted by Crippen LogP contribution is 2.22. The zero-order chi connectivity index (χ0) is 13.4. The standard InChI is InChI=1S/C11H13ClF2N2O/c1-11(2,3)16(15)10(17)6-4-7(13)9(12)8(14)5-6/h4-5H,15H2,1-3H3. The Balaban J connectivity index is 3.14. The topological polar surface area (TPSA) is 46.3 Å². The first-order chi connectivity index (χ1) is 7.64. The molecule has 0 saturated heterocycles. The molecule has 0 aliphatic heterocycles. The fraction of sp³-hybridized carbons (Fsp3) is 0.364. The minimum atomic E-state index is -0.989. The second-order valence-electron chi connectivity index (χ2n) is 4.60. The predicted octanol–water partition coefficient (Wildman–Crippen LogP) is 2.73. The highest BCUT2D eigenvalue weighted by molar-refractivity contribution is 6.31. The van der Waals surface area contributed by atoms with Crippen molar-refractivity contribution in [1.82, 2.24) is 5.01 Å². The molecule has 1 rings (SSSR count). The molecule has 1 aromatic carbocycles. The van der Waals surface area contributed by atoms with E-state index in [1.54, 1.807) is 20.8 Å². The maximum atomic E-state index is 13.2. The molecule has 0 radical (unpaired) electrons. The Kier molecular flexibility index (Phi) is 3.74. The highest BCUT2D eigenvalue weighted by Gasteiger charge is 2.25. The van der Waals surface area contributed by atoms with Crippen molar-refractivity contribution in [2.24, 2.45) is 5.84 Å². The van der Waals surface area contributed by atoms with Gasteiger partial charge in [0.1, 0.15) is 16.7 Å². The summed E-state index contributed by atoms with van der Waals surface area (Å²) in [6, 6.07) is 1.72. The number of hydrogen-bond donors (Lipinski definition) is 1. The van der Waals surface area contributed by atoms with Crippen LogP contribution in [0.5, 0.6) is 0 Å². The summed E-state index contributed by atoms with van der Waals surface area (Å²) >= 11 is 5.32. The molecular weight excluding hydrogens is 250 g/mol. The lowest BCUT2D eigenvalue weighted by atomic mass is 10.1. The van der Waals surface area contributed by atoms with Gasteiger partial charge in [-0.25, -0.2) is 14.6 Å². The molecule has 0 fully saturated rings. The van der Waals surface area contributed by atoms with Gasteiger partial charge in [0, 0.05) is 5.56 Å². The molecule has 0 aliphatic carbocycles. The quantitative estimate of drug-likeness (QED) is 0.366. The molecule has 6 heteroatoms. The molecule has 0 saturated carbocycles. The average molecular weight is 263 g/mol. The lowest BCUT2D eigenvalue weighted by Gasteiger charge is -2.31. The molecule has 0 unspecified atom stereocenters. The number of carbonyl (C=O) groups excluding carboxylic acids is 1. The van der Waals surface area contributed by atoms with Crippen molar-refractivity contribution < 1.29 is 13.6 Å². The summed E-state index contributed by atoms with van der Waals surface area (Å²) < 4.78 is 26.4. The summed E-state index contributed by atoms with van der Waals surface area (Å²) in [6.45, 7) is 5.11. The van der Waals surface area contributed by atoms with E-state index in [1.165, 1.54) is 0 Å². The Morgan fingerprint density at radius 3 is 2.06 bits per heavy atom. The fourth-order valence-electron chi connectivity index (χ4n) is 1.12. The highest BCUT2D eigenvalue weighted by atomic mass is 35.5. The SMILES string of the molecule is CC(C)(C)N(N)C(=O)c1cc(F)c(Cl)c(F)c1. The number of halogens is 3. The Bertz CT molecular complexity index is 434. The van der Waals surface area contributed by atoms with Gasteiger partial charge < -0.3 is 0 Å². The maximum absolute atomic E-state index is 13.2. The Labute approximate surface area is 103 Å². The van der Waals surface area contributed by atoms with Crippen LogP contribution in [0.15, 0.2) is 12.1 Å². The minimum absolute atomic E-state index is 0.179. The molecule has 0 heterocycles. The number of benzene rings is 1. The van der Waals surface area contributed by atoms with Gasteiger partial charge in [-0.2, -0.15) is 0 Å².